The average Bonchev–Trinajstić information content (AvgIpc) is 2.74. The Balaban J connectivity index is 1.40. The van der Waals surface area contributed by atoms with Gasteiger partial charge >= 0.3 is 0 Å². The fraction of sp³-hybridized carbons (Fsp3) is 0.208. The number of hydrogen-bond donors (Lipinski definition) is 1. The van der Waals surface area contributed by atoms with Crippen molar-refractivity contribution in [3.63, 3.8) is 0 Å². The largest absolute Gasteiger partial charge is 0.372 e. The van der Waals surface area contributed by atoms with E-state index in [1.807, 2.05) is 67.6 Å². The Morgan fingerprint density at radius 1 is 0.821 bits per heavy atom. The summed E-state index contributed by atoms with van der Waals surface area (Å²) in [5.74, 6) is 0.0455. The maximum Gasteiger partial charge on any atom is 0.233 e. The van der Waals surface area contributed by atoms with Gasteiger partial charge in [-0.15, -0.1) is 11.8 Å². The van der Waals surface area contributed by atoms with E-state index < -0.39 is 0 Å². The summed E-state index contributed by atoms with van der Waals surface area (Å²) >= 11 is 1.57. The molecule has 0 aromatic heterocycles. The SMILES string of the molecule is CC(Sc1ccccc1)C(=O)NCc1ccc(COCc2ccccc2)cc1. The molecule has 4 heteroatoms. The Hall–Kier alpha value is -2.56. The monoisotopic (exact) mass is 391 g/mol. The van der Waals surface area contributed by atoms with Gasteiger partial charge in [0.15, 0.2) is 0 Å². The fourth-order valence-electron chi connectivity index (χ4n) is 2.70. The van der Waals surface area contributed by atoms with Crippen molar-refractivity contribution in [2.75, 3.05) is 0 Å². The van der Waals surface area contributed by atoms with E-state index in [1.165, 1.54) is 5.56 Å². The fourth-order valence-corrected chi connectivity index (χ4v) is 3.62. The molecule has 1 atom stereocenters. The highest BCUT2D eigenvalue weighted by Crippen LogP contribution is 2.22. The predicted molar refractivity (Wildman–Crippen MR) is 115 cm³/mol. The highest BCUT2D eigenvalue weighted by molar-refractivity contribution is 8.00. The molecule has 1 N–H and O–H groups in total. The molecule has 3 nitrogen and oxygen atoms in total. The number of amides is 1. The van der Waals surface area contributed by atoms with E-state index in [-0.39, 0.29) is 11.2 Å². The molecule has 144 valence electrons. The number of carbonyl (C=O) groups excluding carboxylic acids is 1. The van der Waals surface area contributed by atoms with Crippen LogP contribution in [0.5, 0.6) is 0 Å². The molecule has 0 saturated heterocycles. The van der Waals surface area contributed by atoms with Crippen LogP contribution >= 0.6 is 11.8 Å². The summed E-state index contributed by atoms with van der Waals surface area (Å²) in [5.41, 5.74) is 3.38. The molecule has 0 saturated carbocycles. The maximum atomic E-state index is 12.3. The second-order valence-electron chi connectivity index (χ2n) is 6.59. The quantitative estimate of drug-likeness (QED) is 0.510. The van der Waals surface area contributed by atoms with Crippen LogP contribution in [0.4, 0.5) is 0 Å². The number of benzene rings is 3. The molecule has 0 aliphatic heterocycles. The Kier molecular flexibility index (Phi) is 7.71. The van der Waals surface area contributed by atoms with Gasteiger partial charge in [0.2, 0.25) is 5.91 Å². The third-order valence-electron chi connectivity index (χ3n) is 4.30. The topological polar surface area (TPSA) is 38.3 Å². The molecule has 0 heterocycles. The molecule has 0 aliphatic rings. The number of rotatable bonds is 9. The van der Waals surface area contributed by atoms with E-state index in [4.69, 9.17) is 4.74 Å². The summed E-state index contributed by atoms with van der Waals surface area (Å²) < 4.78 is 5.76. The second-order valence-corrected chi connectivity index (χ2v) is 8.00. The molecule has 3 aromatic carbocycles. The minimum Gasteiger partial charge on any atom is -0.372 e. The third-order valence-corrected chi connectivity index (χ3v) is 5.41. The molecule has 0 fully saturated rings. The van der Waals surface area contributed by atoms with Gasteiger partial charge in [0.1, 0.15) is 0 Å². The lowest BCUT2D eigenvalue weighted by atomic mass is 10.1. The van der Waals surface area contributed by atoms with Gasteiger partial charge in [-0.2, -0.15) is 0 Å². The van der Waals surface area contributed by atoms with Gasteiger partial charge in [0.25, 0.3) is 0 Å². The lowest BCUT2D eigenvalue weighted by Gasteiger charge is -2.12. The summed E-state index contributed by atoms with van der Waals surface area (Å²) in [4.78, 5) is 13.4. The average molecular weight is 392 g/mol. The van der Waals surface area contributed by atoms with Gasteiger partial charge in [-0.05, 0) is 35.7 Å². The van der Waals surface area contributed by atoms with Gasteiger partial charge in [-0.25, -0.2) is 0 Å². The summed E-state index contributed by atoms with van der Waals surface area (Å²) in [6.45, 7) is 3.64. The van der Waals surface area contributed by atoms with Crippen molar-refractivity contribution in [2.24, 2.45) is 0 Å². The van der Waals surface area contributed by atoms with Gasteiger partial charge in [0, 0.05) is 11.4 Å². The molecule has 3 rings (SSSR count). The first-order valence-corrected chi connectivity index (χ1v) is 10.3. The van der Waals surface area contributed by atoms with Crippen LogP contribution in [-0.4, -0.2) is 11.2 Å². The molecular formula is C24H25NO2S. The highest BCUT2D eigenvalue weighted by atomic mass is 32.2. The Bertz CT molecular complexity index is 851. The smallest absolute Gasteiger partial charge is 0.233 e. The second kappa shape index (κ2) is 10.7. The van der Waals surface area contributed by atoms with E-state index in [0.29, 0.717) is 19.8 Å². The molecule has 1 unspecified atom stereocenters. The molecule has 0 bridgehead atoms. The van der Waals surface area contributed by atoms with Gasteiger partial charge in [-0.3, -0.25) is 4.79 Å². The molecule has 3 aromatic rings. The van der Waals surface area contributed by atoms with Crippen LogP contribution in [0.25, 0.3) is 0 Å². The first-order chi connectivity index (χ1) is 13.7. The molecule has 0 radical (unpaired) electrons. The van der Waals surface area contributed by atoms with Crippen LogP contribution in [-0.2, 0) is 29.3 Å². The summed E-state index contributed by atoms with van der Waals surface area (Å²) in [6.07, 6.45) is 0. The molecular weight excluding hydrogens is 366 g/mol. The van der Waals surface area contributed by atoms with Gasteiger partial charge in [-0.1, -0.05) is 72.8 Å². The van der Waals surface area contributed by atoms with Gasteiger partial charge < -0.3 is 10.1 Å². The number of nitrogens with one attached hydrogen (secondary N) is 1. The minimum absolute atomic E-state index is 0.0455. The van der Waals surface area contributed by atoms with E-state index in [0.717, 1.165) is 16.0 Å². The first kappa shape index (κ1) is 20.2. The van der Waals surface area contributed by atoms with E-state index in [1.54, 1.807) is 11.8 Å². The zero-order valence-corrected chi connectivity index (χ0v) is 16.8. The zero-order chi connectivity index (χ0) is 19.6. The van der Waals surface area contributed by atoms with Crippen LogP contribution < -0.4 is 5.32 Å². The van der Waals surface area contributed by atoms with E-state index >= 15 is 0 Å². The summed E-state index contributed by atoms with van der Waals surface area (Å²) in [7, 11) is 0. The van der Waals surface area contributed by atoms with Crippen molar-refractivity contribution >= 4 is 17.7 Å². The van der Waals surface area contributed by atoms with Crippen molar-refractivity contribution in [1.82, 2.24) is 5.32 Å². The summed E-state index contributed by atoms with van der Waals surface area (Å²) in [5, 5.41) is 2.88. The van der Waals surface area contributed by atoms with Crippen LogP contribution in [0.3, 0.4) is 0 Å². The zero-order valence-electron chi connectivity index (χ0n) is 16.0. The molecule has 0 aliphatic carbocycles. The predicted octanol–water partition coefficient (Wildman–Crippen LogP) is 5.20. The molecule has 0 spiro atoms. The lowest BCUT2D eigenvalue weighted by Crippen LogP contribution is -2.30. The van der Waals surface area contributed by atoms with Crippen LogP contribution in [0.2, 0.25) is 0 Å². The maximum absolute atomic E-state index is 12.3. The van der Waals surface area contributed by atoms with Crippen molar-refractivity contribution in [1.29, 1.82) is 0 Å². The Morgan fingerprint density at radius 3 is 2.00 bits per heavy atom. The number of ether oxygens (including phenoxy) is 1. The standard InChI is InChI=1S/C24H25NO2S/c1-19(28-23-10-6-3-7-11-23)24(26)25-16-20-12-14-22(15-13-20)18-27-17-21-8-4-2-5-9-21/h2-15,19H,16-18H2,1H3,(H,25,26). The number of carbonyl (C=O) groups is 1. The van der Waals surface area contributed by atoms with Crippen LogP contribution in [0, 0.1) is 0 Å². The Labute approximate surface area is 171 Å². The first-order valence-electron chi connectivity index (χ1n) is 9.39. The number of hydrogen-bond acceptors (Lipinski definition) is 3. The van der Waals surface area contributed by atoms with Crippen LogP contribution in [0.1, 0.15) is 23.6 Å². The molecule has 1 amide bonds. The normalized spacial score (nSPS) is 11.8. The van der Waals surface area contributed by atoms with Crippen LogP contribution in [0.15, 0.2) is 89.8 Å². The van der Waals surface area contributed by atoms with E-state index in [9.17, 15) is 4.79 Å². The van der Waals surface area contributed by atoms with Crippen molar-refractivity contribution in [3.05, 3.63) is 102 Å². The lowest BCUT2D eigenvalue weighted by molar-refractivity contribution is -0.120. The summed E-state index contributed by atoms with van der Waals surface area (Å²) in [6, 6.07) is 28.3. The van der Waals surface area contributed by atoms with Gasteiger partial charge in [0.05, 0.1) is 18.5 Å². The number of thioether (sulfide) groups is 1. The molecule has 28 heavy (non-hydrogen) atoms. The highest BCUT2D eigenvalue weighted by Gasteiger charge is 2.13. The van der Waals surface area contributed by atoms with Crippen molar-refractivity contribution in [2.45, 2.75) is 36.8 Å². The Morgan fingerprint density at radius 2 is 1.36 bits per heavy atom. The van der Waals surface area contributed by atoms with Crippen molar-refractivity contribution in [3.8, 4) is 0 Å². The van der Waals surface area contributed by atoms with E-state index in [2.05, 4.69) is 29.6 Å². The van der Waals surface area contributed by atoms with Crippen molar-refractivity contribution < 1.29 is 9.53 Å². The third kappa shape index (κ3) is 6.55. The minimum atomic E-state index is -0.131.